The first-order valence-electron chi connectivity index (χ1n) is 10.7. The lowest BCUT2D eigenvalue weighted by atomic mass is 9.55. The van der Waals surface area contributed by atoms with Gasteiger partial charge in [0.2, 0.25) is 5.91 Å². The lowest BCUT2D eigenvalue weighted by Gasteiger charge is -2.56. The Morgan fingerprint density at radius 2 is 2.00 bits per heavy atom. The molecule has 0 radical (unpaired) electrons. The number of benzene rings is 1. The number of hydrogen-bond donors (Lipinski definition) is 0. The number of hydrogen-bond acceptors (Lipinski definition) is 5. The van der Waals surface area contributed by atoms with Crippen molar-refractivity contribution in [3.63, 3.8) is 0 Å². The van der Waals surface area contributed by atoms with Crippen molar-refractivity contribution in [1.82, 2.24) is 4.90 Å². The van der Waals surface area contributed by atoms with Crippen molar-refractivity contribution in [2.75, 3.05) is 32.2 Å². The molecule has 0 aromatic heterocycles. The molecule has 5 rings (SSSR count). The predicted molar refractivity (Wildman–Crippen MR) is 109 cm³/mol. The number of rotatable bonds is 1. The van der Waals surface area contributed by atoms with Gasteiger partial charge in [0.05, 0.1) is 31.8 Å². The van der Waals surface area contributed by atoms with Crippen LogP contribution in [0.3, 0.4) is 0 Å². The van der Waals surface area contributed by atoms with Gasteiger partial charge >= 0.3 is 5.97 Å². The average molecular weight is 399 g/mol. The van der Waals surface area contributed by atoms with Crippen LogP contribution in [0, 0.1) is 17.8 Å². The highest BCUT2D eigenvalue weighted by Crippen LogP contribution is 2.62. The monoisotopic (exact) mass is 398 g/mol. The fourth-order valence-electron chi connectivity index (χ4n) is 7.19. The number of nitrogens with zero attached hydrogens (tertiary/aromatic N) is 2. The third-order valence-corrected chi connectivity index (χ3v) is 8.26. The molecule has 4 aliphatic rings. The van der Waals surface area contributed by atoms with Crippen LogP contribution in [0.15, 0.2) is 24.3 Å². The second-order valence-corrected chi connectivity index (χ2v) is 9.29. The molecule has 0 bridgehead atoms. The number of fused-ring (bicyclic) bond motifs is 3. The highest BCUT2D eigenvalue weighted by atomic mass is 16.5. The molecule has 1 spiro atoms. The summed E-state index contributed by atoms with van der Waals surface area (Å²) in [4.78, 5) is 30.1. The molecular formula is C23H30N2O4. The maximum absolute atomic E-state index is 12.9. The molecule has 6 nitrogen and oxygen atoms in total. The number of likely N-dealkylation sites (tertiary alicyclic amines) is 1. The number of likely N-dealkylation sites (N-methyl/N-ethyl adjacent to an activating group) is 1. The van der Waals surface area contributed by atoms with Crippen molar-refractivity contribution < 1.29 is 19.1 Å². The van der Waals surface area contributed by atoms with Gasteiger partial charge in [-0.2, -0.15) is 0 Å². The number of anilines is 1. The third-order valence-electron chi connectivity index (χ3n) is 8.26. The van der Waals surface area contributed by atoms with Gasteiger partial charge in [-0.1, -0.05) is 18.2 Å². The zero-order valence-electron chi connectivity index (χ0n) is 17.6. The zero-order valence-corrected chi connectivity index (χ0v) is 17.6. The summed E-state index contributed by atoms with van der Waals surface area (Å²) in [5.74, 6) is -0.143. The normalized spacial score (nSPS) is 40.6. The Kier molecular flexibility index (Phi) is 4.30. The summed E-state index contributed by atoms with van der Waals surface area (Å²) in [6.45, 7) is 5.22. The van der Waals surface area contributed by atoms with Gasteiger partial charge in [0.1, 0.15) is 0 Å². The molecule has 29 heavy (non-hydrogen) atoms. The topological polar surface area (TPSA) is 59.1 Å². The number of amides is 1. The van der Waals surface area contributed by atoms with Crippen LogP contribution in [0.5, 0.6) is 0 Å². The Balaban J connectivity index is 1.69. The standard InChI is InChI=1S/C23H30N2O4/c1-13-20(22(27)28-4)15-11-19-23(9-10-24(19)3)17-7-5-6-8-18(17)25(14(2)26)21(23)16(15)12-29-13/h5-8,13,15-16,19-21H,9-12H2,1-4H3/t13-,15-,16-,19+,20+,21+,23-/m1/s1. The highest BCUT2D eigenvalue weighted by molar-refractivity contribution is 5.96. The number of para-hydroxylation sites is 1. The van der Waals surface area contributed by atoms with E-state index in [4.69, 9.17) is 9.47 Å². The minimum absolute atomic E-state index is 0.0192. The van der Waals surface area contributed by atoms with E-state index in [9.17, 15) is 9.59 Å². The van der Waals surface area contributed by atoms with Crippen LogP contribution in [-0.2, 0) is 24.5 Å². The summed E-state index contributed by atoms with van der Waals surface area (Å²) in [5.41, 5.74) is 2.24. The molecule has 3 aliphatic heterocycles. The maximum Gasteiger partial charge on any atom is 0.311 e. The Morgan fingerprint density at radius 3 is 2.72 bits per heavy atom. The van der Waals surface area contributed by atoms with Gasteiger partial charge in [-0.15, -0.1) is 0 Å². The molecule has 1 aromatic rings. The van der Waals surface area contributed by atoms with Gasteiger partial charge in [-0.25, -0.2) is 0 Å². The van der Waals surface area contributed by atoms with Crippen molar-refractivity contribution in [1.29, 1.82) is 0 Å². The molecule has 2 saturated heterocycles. The van der Waals surface area contributed by atoms with Gasteiger partial charge in [0, 0.05) is 30.0 Å². The average Bonchev–Trinajstić information content (AvgIpc) is 3.20. The van der Waals surface area contributed by atoms with Crippen LogP contribution in [-0.4, -0.2) is 62.3 Å². The molecule has 1 aliphatic carbocycles. The van der Waals surface area contributed by atoms with Gasteiger partial charge in [-0.3, -0.25) is 9.59 Å². The van der Waals surface area contributed by atoms with E-state index >= 15 is 0 Å². The van der Waals surface area contributed by atoms with Crippen molar-refractivity contribution in [2.45, 2.75) is 50.3 Å². The summed E-state index contributed by atoms with van der Waals surface area (Å²) in [5, 5.41) is 0. The van der Waals surface area contributed by atoms with E-state index in [0.29, 0.717) is 12.6 Å². The number of carbonyl (C=O) groups excluding carboxylic acids is 2. The van der Waals surface area contributed by atoms with Gasteiger partial charge in [0.25, 0.3) is 0 Å². The van der Waals surface area contributed by atoms with Crippen molar-refractivity contribution in [2.24, 2.45) is 17.8 Å². The molecule has 0 unspecified atom stereocenters. The molecular weight excluding hydrogens is 368 g/mol. The first-order chi connectivity index (χ1) is 13.9. The Bertz CT molecular complexity index is 857. The van der Waals surface area contributed by atoms with Gasteiger partial charge < -0.3 is 19.3 Å². The second-order valence-electron chi connectivity index (χ2n) is 9.29. The summed E-state index contributed by atoms with van der Waals surface area (Å²) in [6, 6.07) is 8.72. The largest absolute Gasteiger partial charge is 0.469 e. The van der Waals surface area contributed by atoms with Crippen molar-refractivity contribution >= 4 is 17.6 Å². The smallest absolute Gasteiger partial charge is 0.311 e. The van der Waals surface area contributed by atoms with Crippen LogP contribution >= 0.6 is 0 Å². The van der Waals surface area contributed by atoms with E-state index < -0.39 is 0 Å². The van der Waals surface area contributed by atoms with Crippen LogP contribution in [0.2, 0.25) is 0 Å². The number of carbonyl (C=O) groups is 2. The predicted octanol–water partition coefficient (Wildman–Crippen LogP) is 2.21. The van der Waals surface area contributed by atoms with Crippen LogP contribution < -0.4 is 4.90 Å². The minimum atomic E-state index is -0.289. The summed E-state index contributed by atoms with van der Waals surface area (Å²) >= 11 is 0. The Hall–Kier alpha value is -1.92. The van der Waals surface area contributed by atoms with Crippen molar-refractivity contribution in [3.8, 4) is 0 Å². The number of ether oxygens (including phenoxy) is 2. The maximum atomic E-state index is 12.9. The second kappa shape index (κ2) is 6.54. The molecule has 1 saturated carbocycles. The van der Waals surface area contributed by atoms with Crippen LogP contribution in [0.1, 0.15) is 32.3 Å². The SMILES string of the molecule is COC(=O)[C@@H]1[C@@H]2C[C@@H]3N(C)CC[C@@]34c3ccccc3N(C(C)=O)[C@H]4[C@@H]2CO[C@@H]1C. The van der Waals surface area contributed by atoms with E-state index in [1.165, 1.54) is 12.7 Å². The fourth-order valence-corrected chi connectivity index (χ4v) is 7.19. The minimum Gasteiger partial charge on any atom is -0.469 e. The Labute approximate surface area is 172 Å². The molecule has 6 heteroatoms. The zero-order chi connectivity index (χ0) is 20.5. The quantitative estimate of drug-likeness (QED) is 0.679. The molecule has 1 aromatic carbocycles. The number of esters is 1. The van der Waals surface area contributed by atoms with E-state index in [1.807, 2.05) is 17.9 Å². The molecule has 3 heterocycles. The van der Waals surface area contributed by atoms with Crippen LogP contribution in [0.25, 0.3) is 0 Å². The summed E-state index contributed by atoms with van der Waals surface area (Å²) < 4.78 is 11.3. The first-order valence-corrected chi connectivity index (χ1v) is 10.7. The third kappa shape index (κ3) is 2.36. The summed E-state index contributed by atoms with van der Waals surface area (Å²) in [6.07, 6.45) is 1.80. The molecule has 0 N–H and O–H groups in total. The van der Waals surface area contributed by atoms with E-state index in [2.05, 4.69) is 30.1 Å². The molecule has 1 amide bonds. The lowest BCUT2D eigenvalue weighted by Crippen LogP contribution is -2.66. The van der Waals surface area contributed by atoms with Gasteiger partial charge in [0.15, 0.2) is 0 Å². The first kappa shape index (κ1) is 19.1. The summed E-state index contributed by atoms with van der Waals surface area (Å²) in [7, 11) is 3.65. The molecule has 156 valence electrons. The van der Waals surface area contributed by atoms with E-state index in [0.717, 1.165) is 25.1 Å². The van der Waals surface area contributed by atoms with Crippen molar-refractivity contribution in [3.05, 3.63) is 29.8 Å². The Morgan fingerprint density at radius 1 is 1.24 bits per heavy atom. The van der Waals surface area contributed by atoms with Crippen LogP contribution in [0.4, 0.5) is 5.69 Å². The van der Waals surface area contributed by atoms with E-state index in [1.54, 1.807) is 6.92 Å². The van der Waals surface area contributed by atoms with Gasteiger partial charge in [-0.05, 0) is 50.9 Å². The molecule has 7 atom stereocenters. The molecule has 3 fully saturated rings. The highest BCUT2D eigenvalue weighted by Gasteiger charge is 2.67. The fraction of sp³-hybridized carbons (Fsp3) is 0.652. The lowest BCUT2D eigenvalue weighted by molar-refractivity contribution is -0.172. The van der Waals surface area contributed by atoms with E-state index in [-0.39, 0.29) is 47.2 Å². The number of methoxy groups -OCH3 is 1.